The lowest BCUT2D eigenvalue weighted by Gasteiger charge is -2.34. The van der Waals surface area contributed by atoms with Crippen LogP contribution in [0.15, 0.2) is 22.7 Å². The fraction of sp³-hybridized carbons (Fsp3) is 0.571. The van der Waals surface area contributed by atoms with Gasteiger partial charge in [0, 0.05) is 24.2 Å². The molecule has 5 heteroatoms. The van der Waals surface area contributed by atoms with Crippen LogP contribution in [0, 0.1) is 0 Å². The molecule has 1 saturated heterocycles. The Morgan fingerprint density at radius 3 is 3.00 bits per heavy atom. The van der Waals surface area contributed by atoms with Gasteiger partial charge >= 0.3 is 0 Å². The van der Waals surface area contributed by atoms with Crippen molar-refractivity contribution in [1.82, 2.24) is 4.90 Å². The summed E-state index contributed by atoms with van der Waals surface area (Å²) in [5, 5.41) is 0.707. The molecule has 0 amide bonds. The molecule has 1 heterocycles. The molecular weight excluding hydrogens is 328 g/mol. The zero-order valence-electron chi connectivity index (χ0n) is 10.9. The van der Waals surface area contributed by atoms with E-state index in [0.717, 1.165) is 29.9 Å². The lowest BCUT2D eigenvalue weighted by atomic mass is 10.0. The Kier molecular flexibility index (Phi) is 5.95. The van der Waals surface area contributed by atoms with Crippen LogP contribution in [0.1, 0.15) is 19.3 Å². The largest absolute Gasteiger partial charge is 0.491 e. The van der Waals surface area contributed by atoms with Crippen molar-refractivity contribution in [2.24, 2.45) is 5.73 Å². The molecule has 1 atom stereocenters. The fourth-order valence-corrected chi connectivity index (χ4v) is 3.28. The first kappa shape index (κ1) is 15.1. The number of nitrogens with zero attached hydrogens (tertiary/aromatic N) is 1. The van der Waals surface area contributed by atoms with Crippen molar-refractivity contribution in [3.8, 4) is 5.75 Å². The predicted molar refractivity (Wildman–Crippen MR) is 82.9 cm³/mol. The molecule has 3 nitrogen and oxygen atoms in total. The molecule has 1 aliphatic heterocycles. The van der Waals surface area contributed by atoms with Crippen LogP contribution in [0.3, 0.4) is 0 Å². The second kappa shape index (κ2) is 7.48. The van der Waals surface area contributed by atoms with E-state index in [1.54, 1.807) is 0 Å². The number of nitrogens with two attached hydrogens (primary N) is 1. The van der Waals surface area contributed by atoms with E-state index in [-0.39, 0.29) is 0 Å². The first-order chi connectivity index (χ1) is 9.20. The van der Waals surface area contributed by atoms with Gasteiger partial charge in [-0.1, -0.05) is 18.0 Å². The third-order valence-corrected chi connectivity index (χ3v) is 4.41. The maximum absolute atomic E-state index is 5.90. The van der Waals surface area contributed by atoms with E-state index in [2.05, 4.69) is 20.8 Å². The lowest BCUT2D eigenvalue weighted by molar-refractivity contribution is 0.127. The molecule has 1 aliphatic rings. The van der Waals surface area contributed by atoms with Crippen LogP contribution in [0.2, 0.25) is 5.02 Å². The molecule has 0 spiro atoms. The highest BCUT2D eigenvalue weighted by Crippen LogP contribution is 2.28. The zero-order valence-corrected chi connectivity index (χ0v) is 13.3. The second-order valence-electron chi connectivity index (χ2n) is 4.84. The molecule has 0 saturated carbocycles. The first-order valence-corrected chi connectivity index (χ1v) is 7.90. The Bertz CT molecular complexity index is 416. The summed E-state index contributed by atoms with van der Waals surface area (Å²) in [6, 6.07) is 6.10. The Morgan fingerprint density at radius 1 is 1.42 bits per heavy atom. The average Bonchev–Trinajstić information content (AvgIpc) is 2.42. The third-order valence-electron chi connectivity index (χ3n) is 3.55. The van der Waals surface area contributed by atoms with E-state index in [1.165, 1.54) is 19.3 Å². The van der Waals surface area contributed by atoms with Crippen molar-refractivity contribution in [3.05, 3.63) is 27.7 Å². The van der Waals surface area contributed by atoms with Crippen LogP contribution in [-0.2, 0) is 0 Å². The van der Waals surface area contributed by atoms with E-state index in [0.29, 0.717) is 17.7 Å². The molecule has 19 heavy (non-hydrogen) atoms. The van der Waals surface area contributed by atoms with Crippen LogP contribution in [0.25, 0.3) is 0 Å². The van der Waals surface area contributed by atoms with Gasteiger partial charge in [0.2, 0.25) is 0 Å². The van der Waals surface area contributed by atoms with Gasteiger partial charge < -0.3 is 10.5 Å². The smallest absolute Gasteiger partial charge is 0.133 e. The van der Waals surface area contributed by atoms with Crippen LogP contribution in [0.5, 0.6) is 5.75 Å². The summed E-state index contributed by atoms with van der Waals surface area (Å²) in [7, 11) is 0. The van der Waals surface area contributed by atoms with Crippen LogP contribution < -0.4 is 10.5 Å². The van der Waals surface area contributed by atoms with Gasteiger partial charge in [-0.15, -0.1) is 0 Å². The summed E-state index contributed by atoms with van der Waals surface area (Å²) in [6.07, 6.45) is 3.77. The highest BCUT2D eigenvalue weighted by atomic mass is 79.9. The van der Waals surface area contributed by atoms with Crippen molar-refractivity contribution in [3.63, 3.8) is 0 Å². The Morgan fingerprint density at radius 2 is 2.26 bits per heavy atom. The molecule has 106 valence electrons. The molecule has 2 N–H and O–H groups in total. The number of benzene rings is 1. The van der Waals surface area contributed by atoms with Crippen LogP contribution >= 0.6 is 27.5 Å². The van der Waals surface area contributed by atoms with Crippen molar-refractivity contribution in [1.29, 1.82) is 0 Å². The maximum atomic E-state index is 5.90. The van der Waals surface area contributed by atoms with Gasteiger partial charge in [0.1, 0.15) is 12.4 Å². The van der Waals surface area contributed by atoms with Crippen molar-refractivity contribution in [2.45, 2.75) is 25.3 Å². The minimum atomic E-state index is 0.519. The van der Waals surface area contributed by atoms with Crippen molar-refractivity contribution < 1.29 is 4.74 Å². The van der Waals surface area contributed by atoms with E-state index < -0.39 is 0 Å². The highest BCUT2D eigenvalue weighted by molar-refractivity contribution is 9.10. The molecule has 1 fully saturated rings. The quantitative estimate of drug-likeness (QED) is 0.888. The lowest BCUT2D eigenvalue weighted by Crippen LogP contribution is -2.45. The number of piperidine rings is 1. The van der Waals surface area contributed by atoms with Gasteiger partial charge in [-0.25, -0.2) is 0 Å². The minimum Gasteiger partial charge on any atom is -0.491 e. The zero-order chi connectivity index (χ0) is 13.7. The van der Waals surface area contributed by atoms with Gasteiger partial charge in [0.15, 0.2) is 0 Å². The number of rotatable bonds is 5. The van der Waals surface area contributed by atoms with Gasteiger partial charge in [0.25, 0.3) is 0 Å². The SMILES string of the molecule is NCC1CCCCN1CCOc1ccc(Cl)cc1Br. The molecule has 1 aromatic carbocycles. The summed E-state index contributed by atoms with van der Waals surface area (Å²) in [5.74, 6) is 0.839. The van der Waals surface area contributed by atoms with Gasteiger partial charge in [-0.05, 0) is 53.5 Å². The first-order valence-electron chi connectivity index (χ1n) is 6.72. The van der Waals surface area contributed by atoms with Gasteiger partial charge in [-0.2, -0.15) is 0 Å². The molecule has 0 bridgehead atoms. The van der Waals surface area contributed by atoms with Crippen LogP contribution in [-0.4, -0.2) is 37.2 Å². The molecule has 0 aromatic heterocycles. The summed E-state index contributed by atoms with van der Waals surface area (Å²) in [5.41, 5.74) is 5.81. The Balaban J connectivity index is 1.82. The number of likely N-dealkylation sites (tertiary alicyclic amines) is 1. The maximum Gasteiger partial charge on any atom is 0.133 e. The van der Waals surface area contributed by atoms with E-state index >= 15 is 0 Å². The molecule has 1 aromatic rings. The van der Waals surface area contributed by atoms with E-state index in [1.807, 2.05) is 18.2 Å². The number of ether oxygens (including phenoxy) is 1. The normalized spacial score (nSPS) is 20.5. The summed E-state index contributed by atoms with van der Waals surface area (Å²) in [6.45, 7) is 3.48. The van der Waals surface area contributed by atoms with E-state index in [4.69, 9.17) is 22.1 Å². The summed E-state index contributed by atoms with van der Waals surface area (Å²) in [4.78, 5) is 2.44. The number of halogens is 2. The predicted octanol–water partition coefficient (Wildman–Crippen LogP) is 3.29. The van der Waals surface area contributed by atoms with Crippen molar-refractivity contribution in [2.75, 3.05) is 26.2 Å². The summed E-state index contributed by atoms with van der Waals surface area (Å²) >= 11 is 9.36. The number of hydrogen-bond donors (Lipinski definition) is 1. The van der Waals surface area contributed by atoms with Crippen LogP contribution in [0.4, 0.5) is 0 Å². The monoisotopic (exact) mass is 346 g/mol. The fourth-order valence-electron chi connectivity index (χ4n) is 2.49. The Hall–Kier alpha value is -0.290. The van der Waals surface area contributed by atoms with Gasteiger partial charge in [-0.3, -0.25) is 4.90 Å². The molecule has 2 rings (SSSR count). The topological polar surface area (TPSA) is 38.5 Å². The molecular formula is C14H20BrClN2O. The van der Waals surface area contributed by atoms with E-state index in [9.17, 15) is 0 Å². The Labute approximate surface area is 128 Å². The second-order valence-corrected chi connectivity index (χ2v) is 6.14. The minimum absolute atomic E-state index is 0.519. The standard InChI is InChI=1S/C14H20BrClN2O/c15-13-9-11(16)4-5-14(13)19-8-7-18-6-2-1-3-12(18)10-17/h4-5,9,12H,1-3,6-8,10,17H2. The summed E-state index contributed by atoms with van der Waals surface area (Å²) < 4.78 is 6.70. The molecule has 1 unspecified atom stereocenters. The molecule has 0 radical (unpaired) electrons. The number of hydrogen-bond acceptors (Lipinski definition) is 3. The third kappa shape index (κ3) is 4.35. The molecule has 0 aliphatic carbocycles. The average molecular weight is 348 g/mol. The highest BCUT2D eigenvalue weighted by Gasteiger charge is 2.20. The van der Waals surface area contributed by atoms with Gasteiger partial charge in [0.05, 0.1) is 4.47 Å². The van der Waals surface area contributed by atoms with Crippen molar-refractivity contribution >= 4 is 27.5 Å².